The summed E-state index contributed by atoms with van der Waals surface area (Å²) in [6.45, 7) is 4.06. The molecule has 0 saturated carbocycles. The number of anilines is 1. The second-order valence-electron chi connectivity index (χ2n) is 8.17. The SMILES string of the molecule is C[C@@H]1CN(c2ccc(C#N)c3ncccc23)C[C@H](C(=O)NC2CN(C)CCC2F)O1. The van der Waals surface area contributed by atoms with Crippen LogP contribution in [0.2, 0.25) is 0 Å². The molecular formula is C22H26FN5O2. The van der Waals surface area contributed by atoms with Crippen molar-refractivity contribution in [2.75, 3.05) is 38.1 Å². The van der Waals surface area contributed by atoms with E-state index < -0.39 is 18.3 Å². The van der Waals surface area contributed by atoms with Crippen molar-refractivity contribution in [3.8, 4) is 6.07 Å². The van der Waals surface area contributed by atoms with E-state index in [2.05, 4.69) is 21.3 Å². The highest BCUT2D eigenvalue weighted by molar-refractivity contribution is 5.95. The van der Waals surface area contributed by atoms with Crippen molar-refractivity contribution in [3.05, 3.63) is 36.0 Å². The monoisotopic (exact) mass is 411 g/mol. The van der Waals surface area contributed by atoms with Crippen LogP contribution < -0.4 is 10.2 Å². The van der Waals surface area contributed by atoms with E-state index in [1.165, 1.54) is 0 Å². The number of alkyl halides is 1. The summed E-state index contributed by atoms with van der Waals surface area (Å²) in [7, 11) is 1.93. The number of nitrogens with zero attached hydrogens (tertiary/aromatic N) is 4. The van der Waals surface area contributed by atoms with Crippen LogP contribution in [0.25, 0.3) is 10.9 Å². The largest absolute Gasteiger partial charge is 0.365 e. The fraction of sp³-hybridized carbons (Fsp3) is 0.500. The first-order valence-corrected chi connectivity index (χ1v) is 10.3. The van der Waals surface area contributed by atoms with Crippen molar-refractivity contribution < 1.29 is 13.9 Å². The van der Waals surface area contributed by atoms with Crippen LogP contribution in [-0.2, 0) is 9.53 Å². The van der Waals surface area contributed by atoms with Crippen LogP contribution in [0.5, 0.6) is 0 Å². The van der Waals surface area contributed by atoms with E-state index in [1.807, 2.05) is 37.1 Å². The third-order valence-corrected chi connectivity index (χ3v) is 5.82. The number of carbonyl (C=O) groups excluding carboxylic acids is 1. The number of amides is 1. The predicted molar refractivity (Wildman–Crippen MR) is 112 cm³/mol. The Labute approximate surface area is 175 Å². The van der Waals surface area contributed by atoms with Gasteiger partial charge in [-0.2, -0.15) is 5.26 Å². The van der Waals surface area contributed by atoms with Crippen LogP contribution in [0.4, 0.5) is 10.1 Å². The standard InChI is InChI=1S/C22H26FN5O2/c1-14-11-28(19-6-5-15(10-24)21-16(19)4-3-8-25-21)13-20(30-14)22(29)26-18-12-27(2)9-7-17(18)23/h3-6,8,14,17-18,20H,7,9,11-13H2,1-2H3,(H,26,29)/t14-,17?,18?,20-/m1/s1. The minimum absolute atomic E-state index is 0.174. The molecule has 2 unspecified atom stereocenters. The van der Waals surface area contributed by atoms with E-state index in [-0.39, 0.29) is 12.0 Å². The van der Waals surface area contributed by atoms with Gasteiger partial charge >= 0.3 is 0 Å². The van der Waals surface area contributed by atoms with Crippen LogP contribution in [0.15, 0.2) is 30.5 Å². The van der Waals surface area contributed by atoms with Gasteiger partial charge in [0.15, 0.2) is 6.10 Å². The summed E-state index contributed by atoms with van der Waals surface area (Å²) >= 11 is 0. The Bertz CT molecular complexity index is 978. The number of ether oxygens (including phenoxy) is 1. The molecule has 4 rings (SSSR count). The van der Waals surface area contributed by atoms with Gasteiger partial charge in [0.2, 0.25) is 0 Å². The average Bonchev–Trinajstić information content (AvgIpc) is 2.75. The molecule has 2 aliphatic heterocycles. The lowest BCUT2D eigenvalue weighted by molar-refractivity contribution is -0.139. The number of hydrogen-bond donors (Lipinski definition) is 1. The summed E-state index contributed by atoms with van der Waals surface area (Å²) in [6, 6.07) is 9.07. The number of pyridine rings is 1. The molecule has 8 heteroatoms. The van der Waals surface area contributed by atoms with Gasteiger partial charge in [-0.25, -0.2) is 4.39 Å². The molecule has 3 heterocycles. The average molecular weight is 411 g/mol. The van der Waals surface area contributed by atoms with E-state index in [1.54, 1.807) is 12.3 Å². The summed E-state index contributed by atoms with van der Waals surface area (Å²) in [5.74, 6) is -0.287. The van der Waals surface area contributed by atoms with Crippen molar-refractivity contribution in [1.82, 2.24) is 15.2 Å². The number of hydrogen-bond acceptors (Lipinski definition) is 6. The number of carbonyl (C=O) groups is 1. The van der Waals surface area contributed by atoms with E-state index in [0.717, 1.165) is 11.1 Å². The zero-order valence-electron chi connectivity index (χ0n) is 17.2. The summed E-state index contributed by atoms with van der Waals surface area (Å²) in [6.07, 6.45) is 0.165. The van der Waals surface area contributed by atoms with Gasteiger partial charge in [-0.1, -0.05) is 0 Å². The molecule has 1 aromatic heterocycles. The van der Waals surface area contributed by atoms with Gasteiger partial charge in [-0.15, -0.1) is 0 Å². The number of likely N-dealkylation sites (tertiary alicyclic amines) is 1. The highest BCUT2D eigenvalue weighted by atomic mass is 19.1. The summed E-state index contributed by atoms with van der Waals surface area (Å²) in [4.78, 5) is 21.4. The molecule has 2 aromatic rings. The van der Waals surface area contributed by atoms with E-state index in [0.29, 0.717) is 43.7 Å². The third kappa shape index (κ3) is 4.09. The van der Waals surface area contributed by atoms with Gasteiger partial charge in [0.1, 0.15) is 12.2 Å². The lowest BCUT2D eigenvalue weighted by Crippen LogP contribution is -2.58. The van der Waals surface area contributed by atoms with Crippen molar-refractivity contribution >= 4 is 22.5 Å². The first-order valence-electron chi connectivity index (χ1n) is 10.3. The molecule has 0 radical (unpaired) electrons. The zero-order chi connectivity index (χ0) is 21.3. The Morgan fingerprint density at radius 3 is 2.97 bits per heavy atom. The molecule has 0 bridgehead atoms. The van der Waals surface area contributed by atoms with Crippen LogP contribution >= 0.6 is 0 Å². The Balaban J connectivity index is 1.55. The quantitative estimate of drug-likeness (QED) is 0.830. The highest BCUT2D eigenvalue weighted by Gasteiger charge is 2.35. The third-order valence-electron chi connectivity index (χ3n) is 5.82. The molecule has 4 atom stereocenters. The second-order valence-corrected chi connectivity index (χ2v) is 8.17. The number of morpholine rings is 1. The minimum Gasteiger partial charge on any atom is -0.365 e. The van der Waals surface area contributed by atoms with E-state index in [4.69, 9.17) is 4.74 Å². The normalized spacial score (nSPS) is 27.6. The molecule has 158 valence electrons. The maximum atomic E-state index is 14.3. The van der Waals surface area contributed by atoms with Crippen LogP contribution in [0, 0.1) is 11.3 Å². The number of nitriles is 1. The van der Waals surface area contributed by atoms with Gasteiger partial charge in [-0.3, -0.25) is 9.78 Å². The van der Waals surface area contributed by atoms with Crippen LogP contribution in [-0.4, -0.2) is 73.4 Å². The molecular weight excluding hydrogens is 385 g/mol. The first-order chi connectivity index (χ1) is 14.5. The predicted octanol–water partition coefficient (Wildman–Crippen LogP) is 1.86. The van der Waals surface area contributed by atoms with Crippen LogP contribution in [0.3, 0.4) is 0 Å². The molecule has 2 fully saturated rings. The molecule has 1 amide bonds. The zero-order valence-corrected chi connectivity index (χ0v) is 17.2. The topological polar surface area (TPSA) is 81.5 Å². The molecule has 1 N–H and O–H groups in total. The Kier molecular flexibility index (Phi) is 5.84. The maximum Gasteiger partial charge on any atom is 0.251 e. The highest BCUT2D eigenvalue weighted by Crippen LogP contribution is 2.30. The maximum absolute atomic E-state index is 14.3. The number of rotatable bonds is 3. The Morgan fingerprint density at radius 2 is 2.17 bits per heavy atom. The molecule has 1 aromatic carbocycles. The Hall–Kier alpha value is -2.76. The van der Waals surface area contributed by atoms with Crippen LogP contribution in [0.1, 0.15) is 18.9 Å². The summed E-state index contributed by atoms with van der Waals surface area (Å²) in [5, 5.41) is 13.1. The van der Waals surface area contributed by atoms with Gasteiger partial charge in [0.25, 0.3) is 5.91 Å². The second kappa shape index (κ2) is 8.54. The molecule has 0 spiro atoms. The minimum atomic E-state index is -1.05. The number of benzene rings is 1. The molecule has 0 aliphatic carbocycles. The molecule has 2 aliphatic rings. The van der Waals surface area contributed by atoms with Gasteiger partial charge in [0, 0.05) is 36.9 Å². The number of piperidine rings is 1. The smallest absolute Gasteiger partial charge is 0.251 e. The molecule has 7 nitrogen and oxygen atoms in total. The van der Waals surface area contributed by atoms with Crippen molar-refractivity contribution in [1.29, 1.82) is 5.26 Å². The van der Waals surface area contributed by atoms with Gasteiger partial charge < -0.3 is 19.9 Å². The molecule has 30 heavy (non-hydrogen) atoms. The fourth-order valence-corrected chi connectivity index (χ4v) is 4.31. The van der Waals surface area contributed by atoms with Crippen molar-refractivity contribution in [2.45, 2.75) is 37.8 Å². The number of likely N-dealkylation sites (N-methyl/N-ethyl adjacent to an activating group) is 1. The number of nitrogens with one attached hydrogen (secondary N) is 1. The number of aromatic nitrogens is 1. The summed E-state index contributed by atoms with van der Waals surface area (Å²) in [5.41, 5.74) is 2.06. The van der Waals surface area contributed by atoms with Gasteiger partial charge in [0.05, 0.1) is 29.8 Å². The van der Waals surface area contributed by atoms with Crippen molar-refractivity contribution in [3.63, 3.8) is 0 Å². The molecule has 2 saturated heterocycles. The Morgan fingerprint density at radius 1 is 1.33 bits per heavy atom. The number of fused-ring (bicyclic) bond motifs is 1. The summed E-state index contributed by atoms with van der Waals surface area (Å²) < 4.78 is 20.2. The van der Waals surface area contributed by atoms with Crippen molar-refractivity contribution in [2.24, 2.45) is 0 Å². The first kappa shape index (κ1) is 20.5. The number of halogens is 1. The fourth-order valence-electron chi connectivity index (χ4n) is 4.31. The van der Waals surface area contributed by atoms with E-state index in [9.17, 15) is 14.4 Å². The van der Waals surface area contributed by atoms with E-state index >= 15 is 0 Å². The van der Waals surface area contributed by atoms with Gasteiger partial charge in [-0.05, 0) is 44.7 Å². The lowest BCUT2D eigenvalue weighted by Gasteiger charge is -2.39. The lowest BCUT2D eigenvalue weighted by atomic mass is 10.0.